The number of hydrogen-bond acceptors (Lipinski definition) is 3. The summed E-state index contributed by atoms with van der Waals surface area (Å²) < 4.78 is 3.03. The molecule has 1 aromatic heterocycles. The summed E-state index contributed by atoms with van der Waals surface area (Å²) in [6, 6.07) is 0.350. The van der Waals surface area contributed by atoms with Gasteiger partial charge in [-0.05, 0) is 42.2 Å². The molecule has 0 bridgehead atoms. The van der Waals surface area contributed by atoms with E-state index in [0.29, 0.717) is 6.04 Å². The molecule has 2 aliphatic rings. The Morgan fingerprint density at radius 3 is 3.00 bits per heavy atom. The maximum absolute atomic E-state index is 11.8. The summed E-state index contributed by atoms with van der Waals surface area (Å²) in [4.78, 5) is 14.2. The molecule has 0 spiro atoms. The van der Waals surface area contributed by atoms with E-state index in [0.717, 1.165) is 42.6 Å². The SMILES string of the molecule is Cc1nn(C)c(CN2CCCC3C(=O)NCC32)c1Br. The van der Waals surface area contributed by atoms with Gasteiger partial charge < -0.3 is 5.32 Å². The molecule has 2 saturated heterocycles. The van der Waals surface area contributed by atoms with Crippen LogP contribution in [-0.4, -0.2) is 39.7 Å². The van der Waals surface area contributed by atoms with Gasteiger partial charge in [-0.2, -0.15) is 5.10 Å². The van der Waals surface area contributed by atoms with E-state index in [1.54, 1.807) is 0 Å². The number of carbonyl (C=O) groups is 1. The molecular weight excluding hydrogens is 308 g/mol. The van der Waals surface area contributed by atoms with Gasteiger partial charge in [0.25, 0.3) is 0 Å². The number of fused-ring (bicyclic) bond motifs is 1. The minimum absolute atomic E-state index is 0.182. The molecule has 6 heteroatoms. The van der Waals surface area contributed by atoms with Crippen LogP contribution >= 0.6 is 15.9 Å². The molecule has 3 heterocycles. The highest BCUT2D eigenvalue weighted by Crippen LogP contribution is 2.30. The molecule has 2 fully saturated rings. The maximum Gasteiger partial charge on any atom is 0.224 e. The number of halogens is 1. The van der Waals surface area contributed by atoms with Crippen LogP contribution < -0.4 is 5.32 Å². The molecule has 2 unspecified atom stereocenters. The number of nitrogens with zero attached hydrogens (tertiary/aromatic N) is 3. The number of aromatic nitrogens is 2. The molecule has 0 radical (unpaired) electrons. The molecule has 5 nitrogen and oxygen atoms in total. The van der Waals surface area contributed by atoms with Crippen molar-refractivity contribution in [2.75, 3.05) is 13.1 Å². The van der Waals surface area contributed by atoms with Crippen molar-refractivity contribution in [1.82, 2.24) is 20.0 Å². The molecule has 2 atom stereocenters. The largest absolute Gasteiger partial charge is 0.354 e. The summed E-state index contributed by atoms with van der Waals surface area (Å²) >= 11 is 3.62. The molecule has 0 aromatic carbocycles. The molecule has 2 aliphatic heterocycles. The van der Waals surface area contributed by atoms with Crippen molar-refractivity contribution in [3.63, 3.8) is 0 Å². The van der Waals surface area contributed by atoms with Crippen LogP contribution in [0.15, 0.2) is 4.47 Å². The van der Waals surface area contributed by atoms with Crippen molar-refractivity contribution < 1.29 is 4.79 Å². The average Bonchev–Trinajstić information content (AvgIpc) is 2.87. The predicted octanol–water partition coefficient (Wildman–Crippen LogP) is 1.20. The van der Waals surface area contributed by atoms with E-state index in [-0.39, 0.29) is 11.8 Å². The smallest absolute Gasteiger partial charge is 0.224 e. The van der Waals surface area contributed by atoms with E-state index in [9.17, 15) is 4.79 Å². The Morgan fingerprint density at radius 1 is 1.53 bits per heavy atom. The van der Waals surface area contributed by atoms with Gasteiger partial charge in [-0.3, -0.25) is 14.4 Å². The molecule has 0 aliphatic carbocycles. The fraction of sp³-hybridized carbons (Fsp3) is 0.692. The predicted molar refractivity (Wildman–Crippen MR) is 75.6 cm³/mol. The third-order valence-corrected chi connectivity index (χ3v) is 5.36. The summed E-state index contributed by atoms with van der Waals surface area (Å²) in [5.41, 5.74) is 2.21. The topological polar surface area (TPSA) is 50.2 Å². The highest BCUT2D eigenvalue weighted by atomic mass is 79.9. The second kappa shape index (κ2) is 4.90. The highest BCUT2D eigenvalue weighted by molar-refractivity contribution is 9.10. The number of likely N-dealkylation sites (tertiary alicyclic amines) is 1. The Kier molecular flexibility index (Phi) is 3.39. The average molecular weight is 327 g/mol. The van der Waals surface area contributed by atoms with Gasteiger partial charge in [0.05, 0.1) is 21.8 Å². The van der Waals surface area contributed by atoms with Crippen LogP contribution in [0.25, 0.3) is 0 Å². The quantitative estimate of drug-likeness (QED) is 0.888. The standard InChI is InChI=1S/C13H19BrN4O/c1-8-12(14)11(17(2)16-8)7-18-5-3-4-9-10(18)6-15-13(9)19/h9-10H,3-7H2,1-2H3,(H,15,19). The van der Waals surface area contributed by atoms with Gasteiger partial charge in [-0.1, -0.05) is 0 Å². The Hall–Kier alpha value is -0.880. The van der Waals surface area contributed by atoms with Crippen molar-refractivity contribution in [1.29, 1.82) is 0 Å². The van der Waals surface area contributed by atoms with Crippen LogP contribution in [0.5, 0.6) is 0 Å². The second-order valence-electron chi connectivity index (χ2n) is 5.50. The van der Waals surface area contributed by atoms with Gasteiger partial charge in [0.15, 0.2) is 0 Å². The minimum Gasteiger partial charge on any atom is -0.354 e. The van der Waals surface area contributed by atoms with Gasteiger partial charge in [0, 0.05) is 26.2 Å². The van der Waals surface area contributed by atoms with Crippen LogP contribution in [0.1, 0.15) is 24.2 Å². The molecule has 104 valence electrons. The molecule has 1 N–H and O–H groups in total. The van der Waals surface area contributed by atoms with Crippen molar-refractivity contribution >= 4 is 21.8 Å². The summed E-state index contributed by atoms with van der Waals surface area (Å²) in [6.07, 6.45) is 2.13. The molecule has 1 aromatic rings. The molecular formula is C13H19BrN4O. The summed E-state index contributed by atoms with van der Waals surface area (Å²) in [6.45, 7) is 4.71. The van der Waals surface area contributed by atoms with E-state index < -0.39 is 0 Å². The van der Waals surface area contributed by atoms with Crippen molar-refractivity contribution in [3.05, 3.63) is 15.9 Å². The number of amides is 1. The summed E-state index contributed by atoms with van der Waals surface area (Å²) in [7, 11) is 1.98. The Balaban J connectivity index is 1.81. The zero-order chi connectivity index (χ0) is 13.6. The first-order chi connectivity index (χ1) is 9.08. The van der Waals surface area contributed by atoms with Crippen LogP contribution in [-0.2, 0) is 18.4 Å². The third-order valence-electron chi connectivity index (χ3n) is 4.33. The fourth-order valence-corrected chi connectivity index (χ4v) is 3.74. The van der Waals surface area contributed by atoms with Gasteiger partial charge in [-0.25, -0.2) is 0 Å². The van der Waals surface area contributed by atoms with E-state index in [1.165, 1.54) is 5.69 Å². The zero-order valence-electron chi connectivity index (χ0n) is 11.3. The molecule has 3 rings (SSSR count). The number of aryl methyl sites for hydroxylation is 2. The molecule has 1 amide bonds. The zero-order valence-corrected chi connectivity index (χ0v) is 12.9. The lowest BCUT2D eigenvalue weighted by Crippen LogP contribution is -2.45. The Labute approximate surface area is 121 Å². The molecule has 19 heavy (non-hydrogen) atoms. The Morgan fingerprint density at radius 2 is 2.32 bits per heavy atom. The van der Waals surface area contributed by atoms with Crippen LogP contribution in [0.3, 0.4) is 0 Å². The first-order valence-corrected chi connectivity index (χ1v) is 7.57. The minimum atomic E-state index is 0.182. The second-order valence-corrected chi connectivity index (χ2v) is 6.29. The lowest BCUT2D eigenvalue weighted by molar-refractivity contribution is -0.124. The van der Waals surface area contributed by atoms with Crippen molar-refractivity contribution in [2.45, 2.75) is 32.4 Å². The summed E-state index contributed by atoms with van der Waals surface area (Å²) in [5.74, 6) is 0.414. The third kappa shape index (κ3) is 2.21. The monoisotopic (exact) mass is 326 g/mol. The maximum atomic E-state index is 11.8. The number of carbonyl (C=O) groups excluding carboxylic acids is 1. The normalized spacial score (nSPS) is 27.4. The number of rotatable bonds is 2. The Bertz CT molecular complexity index is 513. The van der Waals surface area contributed by atoms with E-state index >= 15 is 0 Å². The van der Waals surface area contributed by atoms with Gasteiger partial charge in [-0.15, -0.1) is 0 Å². The number of piperidine rings is 1. The van der Waals surface area contributed by atoms with Crippen molar-refractivity contribution in [2.24, 2.45) is 13.0 Å². The number of nitrogens with one attached hydrogen (secondary N) is 1. The van der Waals surface area contributed by atoms with Gasteiger partial charge in [0.2, 0.25) is 5.91 Å². The first-order valence-electron chi connectivity index (χ1n) is 6.77. The first kappa shape index (κ1) is 13.1. The van der Waals surface area contributed by atoms with Gasteiger partial charge >= 0.3 is 0 Å². The van der Waals surface area contributed by atoms with Crippen molar-refractivity contribution in [3.8, 4) is 0 Å². The fourth-order valence-electron chi connectivity index (χ4n) is 3.28. The lowest BCUT2D eigenvalue weighted by Gasteiger charge is -2.35. The van der Waals surface area contributed by atoms with Gasteiger partial charge in [0.1, 0.15) is 0 Å². The van der Waals surface area contributed by atoms with Crippen LogP contribution in [0.4, 0.5) is 0 Å². The highest BCUT2D eigenvalue weighted by Gasteiger charge is 2.40. The van der Waals surface area contributed by atoms with Crippen LogP contribution in [0.2, 0.25) is 0 Å². The van der Waals surface area contributed by atoms with Crippen LogP contribution in [0, 0.1) is 12.8 Å². The van der Waals surface area contributed by atoms with E-state index in [1.807, 2.05) is 18.7 Å². The molecule has 0 saturated carbocycles. The summed E-state index contributed by atoms with van der Waals surface area (Å²) in [5, 5.41) is 7.43. The number of hydrogen-bond donors (Lipinski definition) is 1. The van der Waals surface area contributed by atoms with E-state index in [4.69, 9.17) is 0 Å². The lowest BCUT2D eigenvalue weighted by atomic mass is 9.91. The van der Waals surface area contributed by atoms with E-state index in [2.05, 4.69) is 31.2 Å².